The number of ether oxygens (including phenoxy) is 3. The second kappa shape index (κ2) is 17.1. The smallest absolute Gasteiger partial charge is 0.192 e. The molecule has 0 aliphatic heterocycles. The Hall–Kier alpha value is -1.88. The molecule has 0 spiro atoms. The Morgan fingerprint density at radius 1 is 0.925 bits per heavy atom. The lowest BCUT2D eigenvalue weighted by atomic mass is 9.78. The van der Waals surface area contributed by atoms with Crippen molar-refractivity contribution in [1.82, 2.24) is 19.6 Å². The van der Waals surface area contributed by atoms with Gasteiger partial charge >= 0.3 is 0 Å². The van der Waals surface area contributed by atoms with Crippen molar-refractivity contribution in [3.05, 3.63) is 35.2 Å². The van der Waals surface area contributed by atoms with E-state index in [9.17, 15) is 0 Å². The van der Waals surface area contributed by atoms with E-state index in [1.54, 1.807) is 11.3 Å². The number of hydrogen-bond donors (Lipinski definition) is 0. The molecule has 53 heavy (non-hydrogen) atoms. The fourth-order valence-electron chi connectivity index (χ4n) is 7.23. The Balaban J connectivity index is 1.62. The number of nitrogens with zero attached hydrogens (tertiary/aromatic N) is 5. The Morgan fingerprint density at radius 3 is 2.08 bits per heavy atom. The molecular weight excluding hydrogens is 731 g/mol. The van der Waals surface area contributed by atoms with E-state index < -0.39 is 24.5 Å². The van der Waals surface area contributed by atoms with Crippen molar-refractivity contribution in [3.63, 3.8) is 0 Å². The van der Waals surface area contributed by atoms with Gasteiger partial charge < -0.3 is 23.5 Å². The summed E-state index contributed by atoms with van der Waals surface area (Å²) in [5, 5.41) is 6.19. The van der Waals surface area contributed by atoms with E-state index in [4.69, 9.17) is 33.7 Å². The average Bonchev–Trinajstić information content (AvgIpc) is 3.78. The third kappa shape index (κ3) is 10.9. The zero-order valence-electron chi connectivity index (χ0n) is 35.1. The Bertz CT molecular complexity index is 1660. The average molecular weight is 800 g/mol. The molecule has 3 atom stereocenters. The molecule has 2 bridgehead atoms. The molecule has 5 rings (SSSR count). The van der Waals surface area contributed by atoms with E-state index in [0.717, 1.165) is 74.9 Å². The fourth-order valence-corrected chi connectivity index (χ4v) is 10.6. The Labute approximate surface area is 327 Å². The molecule has 0 aromatic carbocycles. The molecule has 3 aromatic rings. The first-order valence-corrected chi connectivity index (χ1v) is 31.1. The topological polar surface area (TPSA) is 83.2 Å². The summed E-state index contributed by atoms with van der Waals surface area (Å²) >= 11 is 1.68. The van der Waals surface area contributed by atoms with Gasteiger partial charge in [0.2, 0.25) is 0 Å². The highest BCUT2D eigenvalue weighted by Gasteiger charge is 2.39. The Kier molecular flexibility index (Phi) is 13.6. The van der Waals surface area contributed by atoms with Crippen LogP contribution in [0.15, 0.2) is 19.0 Å². The van der Waals surface area contributed by atoms with Crippen LogP contribution in [-0.4, -0.2) is 77.3 Å². The minimum atomic E-state index is -1.92. The van der Waals surface area contributed by atoms with E-state index in [1.807, 2.05) is 23.8 Å². The molecule has 2 aliphatic rings. The summed E-state index contributed by atoms with van der Waals surface area (Å²) in [4.78, 5) is 13.7. The van der Waals surface area contributed by atoms with Gasteiger partial charge in [-0.3, -0.25) is 0 Å². The van der Waals surface area contributed by atoms with Crippen LogP contribution in [0.2, 0.25) is 69.5 Å². The van der Waals surface area contributed by atoms with Crippen LogP contribution in [0.5, 0.6) is 0 Å². The normalized spacial score (nSPS) is 19.7. The van der Waals surface area contributed by atoms with Crippen LogP contribution < -0.4 is 4.90 Å². The predicted octanol–water partition coefficient (Wildman–Crippen LogP) is 11.1. The molecular formula is C40H69N5O4SSi3. The highest BCUT2D eigenvalue weighted by Crippen LogP contribution is 2.50. The summed E-state index contributed by atoms with van der Waals surface area (Å²) in [6, 6.07) is 2.19. The third-order valence-electron chi connectivity index (χ3n) is 11.5. The molecule has 0 saturated heterocycles. The summed E-state index contributed by atoms with van der Waals surface area (Å²) < 4.78 is 27.9. The monoisotopic (exact) mass is 799 g/mol. The van der Waals surface area contributed by atoms with E-state index in [0.29, 0.717) is 51.6 Å². The van der Waals surface area contributed by atoms with Crippen molar-refractivity contribution in [1.29, 1.82) is 0 Å². The minimum Gasteiger partial charge on any atom is -0.494 e. The minimum absolute atomic E-state index is 0.136. The second-order valence-corrected chi connectivity index (χ2v) is 36.6. The molecule has 0 amide bonds. The van der Waals surface area contributed by atoms with Gasteiger partial charge in [0.15, 0.2) is 14.0 Å². The van der Waals surface area contributed by atoms with Crippen LogP contribution in [0, 0.1) is 11.8 Å². The summed E-state index contributed by atoms with van der Waals surface area (Å²) in [6.07, 6.45) is 10.2. The van der Waals surface area contributed by atoms with Crippen molar-refractivity contribution < 1.29 is 18.6 Å². The molecule has 13 heteroatoms. The maximum Gasteiger partial charge on any atom is 0.192 e. The third-order valence-corrected chi connectivity index (χ3v) is 20.4. The molecule has 3 heterocycles. The van der Waals surface area contributed by atoms with Gasteiger partial charge in [0.25, 0.3) is 0 Å². The zero-order chi connectivity index (χ0) is 38.8. The van der Waals surface area contributed by atoms with Gasteiger partial charge in [-0.25, -0.2) is 9.97 Å². The highest BCUT2D eigenvalue weighted by molar-refractivity contribution is 7.15. The van der Waals surface area contributed by atoms with Gasteiger partial charge in [-0.05, 0) is 68.2 Å². The number of anilines is 1. The lowest BCUT2D eigenvalue weighted by Gasteiger charge is -2.35. The summed E-state index contributed by atoms with van der Waals surface area (Å²) in [5.74, 6) is 3.33. The predicted molar refractivity (Wildman–Crippen MR) is 230 cm³/mol. The van der Waals surface area contributed by atoms with E-state index in [2.05, 4.69) is 84.6 Å². The van der Waals surface area contributed by atoms with E-state index >= 15 is 0 Å². The van der Waals surface area contributed by atoms with E-state index in [1.165, 1.54) is 19.3 Å². The molecule has 0 unspecified atom stereocenters. The molecule has 2 fully saturated rings. The van der Waals surface area contributed by atoms with Crippen LogP contribution in [0.3, 0.4) is 0 Å². The fraction of sp³-hybridized carbons (Fsp3) is 0.725. The Morgan fingerprint density at radius 2 is 1.53 bits per heavy atom. The molecule has 9 nitrogen and oxygen atoms in total. The van der Waals surface area contributed by atoms with Gasteiger partial charge in [-0.15, -0.1) is 11.3 Å². The molecule has 3 aromatic heterocycles. The SMILES string of the molecule is C=C(OCC)c1c([C@H]2C[C@@H]3CC[C@@H](C3)C2)nc2c(-c3cnc(CO[Si](C)(C)C(C)(C)C)s3)cnn2c1N(COCC[Si](C)(C)C)COCC[Si](C)(C)C. The lowest BCUT2D eigenvalue weighted by Crippen LogP contribution is -2.40. The summed E-state index contributed by atoms with van der Waals surface area (Å²) in [6.45, 7) is 35.5. The molecule has 296 valence electrons. The number of aromatic nitrogens is 4. The van der Waals surface area contributed by atoms with E-state index in [-0.39, 0.29) is 5.04 Å². The van der Waals surface area contributed by atoms with Crippen LogP contribution in [-0.2, 0) is 25.2 Å². The quantitative estimate of drug-likeness (QED) is 0.0513. The van der Waals surface area contributed by atoms with Crippen LogP contribution in [0.25, 0.3) is 21.8 Å². The first kappa shape index (κ1) is 42.3. The first-order valence-electron chi connectivity index (χ1n) is 20.0. The van der Waals surface area contributed by atoms with Crippen LogP contribution in [0.1, 0.15) is 82.0 Å². The van der Waals surface area contributed by atoms with Gasteiger partial charge in [0.05, 0.1) is 41.1 Å². The van der Waals surface area contributed by atoms with Crippen molar-refractivity contribution in [2.45, 2.75) is 142 Å². The highest BCUT2D eigenvalue weighted by atomic mass is 32.1. The molecule has 2 aliphatic carbocycles. The van der Waals surface area contributed by atoms with Gasteiger partial charge in [-0.2, -0.15) is 9.61 Å². The molecule has 0 radical (unpaired) electrons. The van der Waals surface area contributed by atoms with Crippen LogP contribution >= 0.6 is 11.3 Å². The number of fused-ring (bicyclic) bond motifs is 3. The first-order chi connectivity index (χ1) is 24.8. The van der Waals surface area contributed by atoms with Gasteiger partial charge in [0.1, 0.15) is 30.0 Å². The standard InChI is InChI=1S/C40H69N5O4SSi3/c1-14-48-29(2)36-37(32-22-30-15-16-31(21-30)23-32)43-38-33(34-25-41-35(50-34)26-49-53(12,13)40(3,4)5)24-42-45(38)39(36)44(27-46-17-19-51(6,7)8)28-47-18-20-52(9,10)11/h24-25,30-32H,2,14-23,26-28H2,1,3-13H3/t30-,31+,32+. The lowest BCUT2D eigenvalue weighted by molar-refractivity contribution is 0.0941. The van der Waals surface area contributed by atoms with Crippen molar-refractivity contribution >= 4 is 53.0 Å². The number of hydrogen-bond acceptors (Lipinski definition) is 9. The zero-order valence-corrected chi connectivity index (χ0v) is 38.9. The second-order valence-electron chi connectivity index (χ2n) is 19.5. The summed E-state index contributed by atoms with van der Waals surface area (Å²) in [5.41, 5.74) is 3.83. The van der Waals surface area contributed by atoms with Gasteiger partial charge in [0, 0.05) is 41.5 Å². The van der Waals surface area contributed by atoms with Crippen LogP contribution in [0.4, 0.5) is 5.82 Å². The van der Waals surface area contributed by atoms with Crippen molar-refractivity contribution in [2.75, 3.05) is 38.2 Å². The van der Waals surface area contributed by atoms with Crippen molar-refractivity contribution in [3.8, 4) is 10.4 Å². The van der Waals surface area contributed by atoms with Crippen molar-refractivity contribution in [2.24, 2.45) is 11.8 Å². The van der Waals surface area contributed by atoms with Gasteiger partial charge in [-0.1, -0.05) is 79.5 Å². The number of rotatable bonds is 19. The molecule has 2 saturated carbocycles. The maximum atomic E-state index is 6.57. The summed E-state index contributed by atoms with van der Waals surface area (Å²) in [7, 11) is -4.49. The maximum absolute atomic E-state index is 6.57. The largest absolute Gasteiger partial charge is 0.494 e. The molecule has 0 N–H and O–H groups in total. The number of thiazole rings is 1.